The second-order valence-electron chi connectivity index (χ2n) is 4.41. The van der Waals surface area contributed by atoms with E-state index in [0.717, 1.165) is 12.1 Å². The van der Waals surface area contributed by atoms with E-state index in [1.54, 1.807) is 17.0 Å². The molecule has 2 rings (SSSR count). The Morgan fingerprint density at radius 2 is 2.25 bits per heavy atom. The molecule has 2 N–H and O–H groups in total. The molecule has 104 valence electrons. The minimum atomic E-state index is -0.324. The van der Waals surface area contributed by atoms with Gasteiger partial charge in [-0.15, -0.1) is 5.73 Å². The first kappa shape index (κ1) is 13.9. The van der Waals surface area contributed by atoms with E-state index in [4.69, 9.17) is 0 Å². The summed E-state index contributed by atoms with van der Waals surface area (Å²) in [6, 6.07) is 6.97. The highest BCUT2D eigenvalue weighted by atomic mass is 16.2. The Morgan fingerprint density at radius 1 is 1.45 bits per heavy atom. The van der Waals surface area contributed by atoms with Gasteiger partial charge in [-0.1, -0.05) is 18.7 Å². The van der Waals surface area contributed by atoms with Gasteiger partial charge in [-0.05, 0) is 24.6 Å². The molecule has 0 aliphatic carbocycles. The summed E-state index contributed by atoms with van der Waals surface area (Å²) in [6.07, 6.45) is 3.03. The van der Waals surface area contributed by atoms with Gasteiger partial charge in [-0.3, -0.25) is 4.79 Å². The molecule has 1 saturated heterocycles. The SMILES string of the molecule is C=C=CCNC(=O)Nc1ccccc1N1CCCC1=O. The van der Waals surface area contributed by atoms with Crippen molar-refractivity contribution in [1.82, 2.24) is 5.32 Å². The molecule has 0 saturated carbocycles. The van der Waals surface area contributed by atoms with Gasteiger partial charge in [0.2, 0.25) is 5.91 Å². The van der Waals surface area contributed by atoms with E-state index in [2.05, 4.69) is 22.9 Å². The van der Waals surface area contributed by atoms with Crippen LogP contribution in [0, 0.1) is 0 Å². The number of para-hydroxylation sites is 2. The third-order valence-corrected chi connectivity index (χ3v) is 3.03. The van der Waals surface area contributed by atoms with Crippen LogP contribution in [-0.4, -0.2) is 25.0 Å². The largest absolute Gasteiger partial charge is 0.334 e. The minimum absolute atomic E-state index is 0.0919. The monoisotopic (exact) mass is 271 g/mol. The highest BCUT2D eigenvalue weighted by Gasteiger charge is 2.23. The summed E-state index contributed by atoms with van der Waals surface area (Å²) in [7, 11) is 0. The Labute approximate surface area is 118 Å². The van der Waals surface area contributed by atoms with Crippen molar-refractivity contribution < 1.29 is 9.59 Å². The fourth-order valence-corrected chi connectivity index (χ4v) is 2.10. The molecule has 5 nitrogen and oxygen atoms in total. The number of carbonyl (C=O) groups is 2. The molecular formula is C15H17N3O2. The molecule has 0 spiro atoms. The Balaban J connectivity index is 2.09. The van der Waals surface area contributed by atoms with Gasteiger partial charge in [0.15, 0.2) is 0 Å². The number of hydrogen-bond donors (Lipinski definition) is 2. The average Bonchev–Trinajstić information content (AvgIpc) is 2.86. The van der Waals surface area contributed by atoms with Crippen LogP contribution in [0.4, 0.5) is 16.2 Å². The smallest absolute Gasteiger partial charge is 0.319 e. The lowest BCUT2D eigenvalue weighted by molar-refractivity contribution is -0.117. The van der Waals surface area contributed by atoms with Gasteiger partial charge < -0.3 is 15.5 Å². The normalized spacial score (nSPS) is 13.8. The van der Waals surface area contributed by atoms with Crippen molar-refractivity contribution in [2.24, 2.45) is 0 Å². The fourth-order valence-electron chi connectivity index (χ4n) is 2.10. The fraction of sp³-hybridized carbons (Fsp3) is 0.267. The van der Waals surface area contributed by atoms with Gasteiger partial charge in [0.25, 0.3) is 0 Å². The number of carbonyl (C=O) groups excluding carboxylic acids is 2. The zero-order chi connectivity index (χ0) is 14.4. The van der Waals surface area contributed by atoms with Crippen LogP contribution in [-0.2, 0) is 4.79 Å². The molecule has 1 aliphatic rings. The molecule has 5 heteroatoms. The highest BCUT2D eigenvalue weighted by Crippen LogP contribution is 2.29. The van der Waals surface area contributed by atoms with Crippen molar-refractivity contribution in [2.45, 2.75) is 12.8 Å². The van der Waals surface area contributed by atoms with Crippen molar-refractivity contribution in [3.63, 3.8) is 0 Å². The standard InChI is InChI=1S/C15H17N3O2/c1-2-3-10-16-15(20)17-12-7-4-5-8-13(12)18-11-6-9-14(18)19/h3-5,7-8H,1,6,9-11H2,(H2,16,17,20). The van der Waals surface area contributed by atoms with Crippen molar-refractivity contribution in [2.75, 3.05) is 23.3 Å². The first-order chi connectivity index (χ1) is 9.72. The van der Waals surface area contributed by atoms with E-state index < -0.39 is 0 Å². The van der Waals surface area contributed by atoms with Crippen LogP contribution in [0.1, 0.15) is 12.8 Å². The number of nitrogens with one attached hydrogen (secondary N) is 2. The van der Waals surface area contributed by atoms with E-state index >= 15 is 0 Å². The van der Waals surface area contributed by atoms with Gasteiger partial charge in [0.05, 0.1) is 11.4 Å². The summed E-state index contributed by atoms with van der Waals surface area (Å²) < 4.78 is 0. The third kappa shape index (κ3) is 3.28. The second-order valence-corrected chi connectivity index (χ2v) is 4.41. The maximum atomic E-state index is 11.8. The molecule has 0 bridgehead atoms. The summed E-state index contributed by atoms with van der Waals surface area (Å²) in [5, 5.41) is 5.40. The van der Waals surface area contributed by atoms with E-state index in [0.29, 0.717) is 25.2 Å². The Kier molecular flexibility index (Phi) is 4.58. The lowest BCUT2D eigenvalue weighted by atomic mass is 10.2. The summed E-state index contributed by atoms with van der Waals surface area (Å²) in [6.45, 7) is 4.47. The Bertz CT molecular complexity index is 562. The minimum Gasteiger partial charge on any atom is -0.334 e. The van der Waals surface area contributed by atoms with Crippen molar-refractivity contribution in [3.05, 3.63) is 42.7 Å². The van der Waals surface area contributed by atoms with Crippen LogP contribution in [0.25, 0.3) is 0 Å². The maximum absolute atomic E-state index is 11.8. The van der Waals surface area contributed by atoms with Crippen molar-refractivity contribution >= 4 is 23.3 Å². The molecule has 20 heavy (non-hydrogen) atoms. The van der Waals surface area contributed by atoms with Crippen LogP contribution < -0.4 is 15.5 Å². The molecule has 0 aromatic heterocycles. The molecule has 1 aliphatic heterocycles. The molecule has 0 radical (unpaired) electrons. The topological polar surface area (TPSA) is 61.4 Å². The van der Waals surface area contributed by atoms with Gasteiger partial charge in [-0.25, -0.2) is 4.79 Å². The highest BCUT2D eigenvalue weighted by molar-refractivity contribution is 6.01. The second kappa shape index (κ2) is 6.59. The number of anilines is 2. The molecule has 0 atom stereocenters. The zero-order valence-electron chi connectivity index (χ0n) is 11.2. The van der Waals surface area contributed by atoms with Gasteiger partial charge in [0.1, 0.15) is 0 Å². The molecule has 0 unspecified atom stereocenters. The average molecular weight is 271 g/mol. The lowest BCUT2D eigenvalue weighted by Crippen LogP contribution is -2.30. The van der Waals surface area contributed by atoms with Crippen LogP contribution >= 0.6 is 0 Å². The van der Waals surface area contributed by atoms with Crippen molar-refractivity contribution in [3.8, 4) is 0 Å². The van der Waals surface area contributed by atoms with Gasteiger partial charge in [-0.2, -0.15) is 0 Å². The predicted molar refractivity (Wildman–Crippen MR) is 78.8 cm³/mol. The number of hydrogen-bond acceptors (Lipinski definition) is 2. The summed E-state index contributed by atoms with van der Waals surface area (Å²) in [5.74, 6) is 0.0919. The summed E-state index contributed by atoms with van der Waals surface area (Å²) >= 11 is 0. The van der Waals surface area contributed by atoms with E-state index in [9.17, 15) is 9.59 Å². The number of amides is 3. The number of urea groups is 1. The Hall–Kier alpha value is -2.52. The quantitative estimate of drug-likeness (QED) is 0.825. The molecule has 1 heterocycles. The molecule has 3 amide bonds. The van der Waals surface area contributed by atoms with Crippen LogP contribution in [0.5, 0.6) is 0 Å². The van der Waals surface area contributed by atoms with Crippen LogP contribution in [0.15, 0.2) is 42.7 Å². The zero-order valence-corrected chi connectivity index (χ0v) is 11.2. The van der Waals surface area contributed by atoms with Gasteiger partial charge in [0, 0.05) is 19.5 Å². The van der Waals surface area contributed by atoms with E-state index in [1.165, 1.54) is 0 Å². The van der Waals surface area contributed by atoms with Crippen molar-refractivity contribution in [1.29, 1.82) is 0 Å². The third-order valence-electron chi connectivity index (χ3n) is 3.03. The molecule has 1 aromatic carbocycles. The van der Waals surface area contributed by atoms with Crippen LogP contribution in [0.2, 0.25) is 0 Å². The number of nitrogens with zero attached hydrogens (tertiary/aromatic N) is 1. The molecular weight excluding hydrogens is 254 g/mol. The maximum Gasteiger partial charge on any atom is 0.319 e. The van der Waals surface area contributed by atoms with E-state index in [1.807, 2.05) is 18.2 Å². The summed E-state index contributed by atoms with van der Waals surface area (Å²) in [4.78, 5) is 25.3. The molecule has 1 aromatic rings. The predicted octanol–water partition coefficient (Wildman–Crippen LogP) is 2.28. The first-order valence-electron chi connectivity index (χ1n) is 6.51. The Morgan fingerprint density at radius 3 is 2.95 bits per heavy atom. The number of benzene rings is 1. The van der Waals surface area contributed by atoms with E-state index in [-0.39, 0.29) is 11.9 Å². The first-order valence-corrected chi connectivity index (χ1v) is 6.51. The number of rotatable bonds is 4. The molecule has 1 fully saturated rings. The summed E-state index contributed by atoms with van der Waals surface area (Å²) in [5.41, 5.74) is 3.95. The van der Waals surface area contributed by atoms with Gasteiger partial charge >= 0.3 is 6.03 Å². The van der Waals surface area contributed by atoms with Crippen LogP contribution in [0.3, 0.4) is 0 Å². The lowest BCUT2D eigenvalue weighted by Gasteiger charge is -2.19.